The van der Waals surface area contributed by atoms with Crippen LogP contribution in [0, 0.1) is 0 Å². The predicted molar refractivity (Wildman–Crippen MR) is 84.5 cm³/mol. The highest BCUT2D eigenvalue weighted by molar-refractivity contribution is 14.0. The first-order valence-electron chi connectivity index (χ1n) is 4.96. The molecule has 5 heteroatoms. The number of rotatable bonds is 0. The zero-order chi connectivity index (χ0) is 11.1. The van der Waals surface area contributed by atoms with E-state index in [2.05, 4.69) is 5.32 Å². The van der Waals surface area contributed by atoms with Crippen molar-refractivity contribution in [3.63, 3.8) is 0 Å². The summed E-state index contributed by atoms with van der Waals surface area (Å²) in [6.45, 7) is 0. The van der Waals surface area contributed by atoms with E-state index >= 15 is 0 Å². The van der Waals surface area contributed by atoms with Gasteiger partial charge in [0.25, 0.3) is 0 Å². The van der Waals surface area contributed by atoms with Crippen molar-refractivity contribution in [1.82, 2.24) is 0 Å². The highest BCUT2D eigenvalue weighted by atomic mass is 127. The monoisotopic (exact) mass is 357 g/mol. The van der Waals surface area contributed by atoms with Crippen molar-refractivity contribution >= 4 is 58.5 Å². The zero-order valence-corrected chi connectivity index (χ0v) is 12.1. The summed E-state index contributed by atoms with van der Waals surface area (Å²) in [5.74, 6) is 0. The number of nitrogen functional groups attached to an aromatic ring is 2. The minimum atomic E-state index is 0. The largest absolute Gasteiger partial charge is 0.399 e. The molecular formula is C12H12IN3S. The fraction of sp³-hybridized carbons (Fsp3) is 0. The standard InChI is InChI=1S/C12H11N3S.HI/c13-7-1-3-9-11(5-7)16-12-6-8(14)2-4-10(12)15-9;/h1-6,15H,13-14H2;1H. The first-order chi connectivity index (χ1) is 7.72. The van der Waals surface area contributed by atoms with Crippen LogP contribution < -0.4 is 16.8 Å². The molecule has 88 valence electrons. The number of nitrogens with two attached hydrogens (primary N) is 2. The Balaban J connectivity index is 0.00000108. The van der Waals surface area contributed by atoms with Crippen molar-refractivity contribution in [3.8, 4) is 0 Å². The minimum Gasteiger partial charge on any atom is -0.399 e. The number of hydrogen-bond donors (Lipinski definition) is 3. The molecule has 2 aromatic carbocycles. The second-order valence-electron chi connectivity index (χ2n) is 3.74. The topological polar surface area (TPSA) is 64.1 Å². The Kier molecular flexibility index (Phi) is 3.39. The van der Waals surface area contributed by atoms with Crippen LogP contribution in [0.25, 0.3) is 0 Å². The van der Waals surface area contributed by atoms with E-state index in [4.69, 9.17) is 11.5 Å². The van der Waals surface area contributed by atoms with Crippen molar-refractivity contribution in [1.29, 1.82) is 0 Å². The molecule has 0 fully saturated rings. The van der Waals surface area contributed by atoms with E-state index in [1.54, 1.807) is 11.8 Å². The van der Waals surface area contributed by atoms with Crippen LogP contribution in [0.5, 0.6) is 0 Å². The van der Waals surface area contributed by atoms with Gasteiger partial charge < -0.3 is 16.8 Å². The molecule has 3 nitrogen and oxygen atoms in total. The molecule has 0 atom stereocenters. The Bertz CT molecular complexity index is 522. The lowest BCUT2D eigenvalue weighted by atomic mass is 10.2. The Morgan fingerprint density at radius 3 is 1.76 bits per heavy atom. The van der Waals surface area contributed by atoms with Crippen LogP contribution in [0.4, 0.5) is 22.7 Å². The molecule has 2 aromatic rings. The van der Waals surface area contributed by atoms with Gasteiger partial charge in [-0.05, 0) is 36.4 Å². The molecule has 0 unspecified atom stereocenters. The van der Waals surface area contributed by atoms with Gasteiger partial charge >= 0.3 is 0 Å². The first kappa shape index (κ1) is 12.4. The molecule has 0 aliphatic carbocycles. The molecule has 3 rings (SSSR count). The average molecular weight is 357 g/mol. The molecule has 1 aliphatic rings. The van der Waals surface area contributed by atoms with Gasteiger partial charge in [0.15, 0.2) is 0 Å². The normalized spacial score (nSPS) is 11.8. The molecule has 0 amide bonds. The molecule has 0 saturated carbocycles. The maximum absolute atomic E-state index is 5.77. The SMILES string of the molecule is I.Nc1ccc2c(c1)Sc1cc(N)ccc1N2. The highest BCUT2D eigenvalue weighted by Gasteiger charge is 2.15. The lowest BCUT2D eigenvalue weighted by molar-refractivity contribution is 1.32. The molecule has 5 N–H and O–H groups in total. The maximum Gasteiger partial charge on any atom is 0.0527 e. The average Bonchev–Trinajstić information content (AvgIpc) is 2.26. The van der Waals surface area contributed by atoms with E-state index in [1.807, 2.05) is 36.4 Å². The van der Waals surface area contributed by atoms with Crippen LogP contribution >= 0.6 is 35.7 Å². The Morgan fingerprint density at radius 1 is 0.824 bits per heavy atom. The van der Waals surface area contributed by atoms with Crippen LogP contribution in [0.2, 0.25) is 0 Å². The van der Waals surface area contributed by atoms with Gasteiger partial charge in [0.2, 0.25) is 0 Å². The van der Waals surface area contributed by atoms with Crippen LogP contribution in [0.3, 0.4) is 0 Å². The molecule has 1 aliphatic heterocycles. The van der Waals surface area contributed by atoms with Gasteiger partial charge in [-0.2, -0.15) is 0 Å². The van der Waals surface area contributed by atoms with Crippen LogP contribution in [0.15, 0.2) is 46.2 Å². The fourth-order valence-electron chi connectivity index (χ4n) is 1.72. The lowest BCUT2D eigenvalue weighted by Gasteiger charge is -2.21. The Labute approximate surface area is 121 Å². The molecule has 0 radical (unpaired) electrons. The van der Waals surface area contributed by atoms with E-state index in [0.717, 1.165) is 32.5 Å². The van der Waals surface area contributed by atoms with Crippen molar-refractivity contribution in [2.24, 2.45) is 0 Å². The number of anilines is 4. The second-order valence-corrected chi connectivity index (χ2v) is 4.82. The molecule has 17 heavy (non-hydrogen) atoms. The molecular weight excluding hydrogens is 345 g/mol. The van der Waals surface area contributed by atoms with Crippen LogP contribution in [-0.2, 0) is 0 Å². The summed E-state index contributed by atoms with van der Waals surface area (Å²) in [5.41, 5.74) is 15.3. The predicted octanol–water partition coefficient (Wildman–Crippen LogP) is 3.68. The molecule has 0 spiro atoms. The van der Waals surface area contributed by atoms with Gasteiger partial charge in [-0.3, -0.25) is 0 Å². The van der Waals surface area contributed by atoms with E-state index in [9.17, 15) is 0 Å². The summed E-state index contributed by atoms with van der Waals surface area (Å²) < 4.78 is 0. The third-order valence-corrected chi connectivity index (χ3v) is 3.62. The first-order valence-corrected chi connectivity index (χ1v) is 5.78. The number of benzene rings is 2. The van der Waals surface area contributed by atoms with Crippen molar-refractivity contribution in [2.75, 3.05) is 16.8 Å². The fourth-order valence-corrected chi connectivity index (χ4v) is 2.80. The quantitative estimate of drug-likeness (QED) is 0.424. The van der Waals surface area contributed by atoms with Gasteiger partial charge in [0.1, 0.15) is 0 Å². The van der Waals surface area contributed by atoms with Gasteiger partial charge in [-0.15, -0.1) is 24.0 Å². The summed E-state index contributed by atoms with van der Waals surface area (Å²) in [7, 11) is 0. The van der Waals surface area contributed by atoms with Crippen molar-refractivity contribution in [3.05, 3.63) is 36.4 Å². The van der Waals surface area contributed by atoms with Gasteiger partial charge in [0, 0.05) is 21.2 Å². The van der Waals surface area contributed by atoms with Crippen molar-refractivity contribution < 1.29 is 0 Å². The minimum absolute atomic E-state index is 0. The summed E-state index contributed by atoms with van der Waals surface area (Å²) in [4.78, 5) is 2.27. The second kappa shape index (κ2) is 4.66. The lowest BCUT2D eigenvalue weighted by Crippen LogP contribution is -2.01. The van der Waals surface area contributed by atoms with Gasteiger partial charge in [-0.25, -0.2) is 0 Å². The number of nitrogens with one attached hydrogen (secondary N) is 1. The Hall–Kier alpha value is -1.08. The van der Waals surface area contributed by atoms with Crippen LogP contribution in [0.1, 0.15) is 0 Å². The van der Waals surface area contributed by atoms with E-state index < -0.39 is 0 Å². The van der Waals surface area contributed by atoms with E-state index in [1.165, 1.54) is 0 Å². The van der Waals surface area contributed by atoms with Gasteiger partial charge in [0.05, 0.1) is 11.4 Å². The zero-order valence-electron chi connectivity index (χ0n) is 8.94. The molecule has 0 aromatic heterocycles. The van der Waals surface area contributed by atoms with Crippen molar-refractivity contribution in [2.45, 2.75) is 9.79 Å². The molecule has 0 saturated heterocycles. The Morgan fingerprint density at radius 2 is 1.29 bits per heavy atom. The number of hydrogen-bond acceptors (Lipinski definition) is 4. The highest BCUT2D eigenvalue weighted by Crippen LogP contribution is 2.45. The van der Waals surface area contributed by atoms with Crippen LogP contribution in [-0.4, -0.2) is 0 Å². The summed E-state index contributed by atoms with van der Waals surface area (Å²) in [6, 6.07) is 11.7. The maximum atomic E-state index is 5.77. The van der Waals surface area contributed by atoms with E-state index in [0.29, 0.717) is 0 Å². The van der Waals surface area contributed by atoms with Gasteiger partial charge in [-0.1, -0.05) is 11.8 Å². The summed E-state index contributed by atoms with van der Waals surface area (Å²) >= 11 is 1.69. The smallest absolute Gasteiger partial charge is 0.0527 e. The summed E-state index contributed by atoms with van der Waals surface area (Å²) in [5, 5.41) is 3.36. The molecule has 1 heterocycles. The number of halogens is 1. The third kappa shape index (κ3) is 2.30. The third-order valence-electron chi connectivity index (χ3n) is 2.50. The summed E-state index contributed by atoms with van der Waals surface area (Å²) in [6.07, 6.45) is 0. The molecule has 0 bridgehead atoms. The van der Waals surface area contributed by atoms with E-state index in [-0.39, 0.29) is 24.0 Å². The number of fused-ring (bicyclic) bond motifs is 2.